The number of nitrogens with one attached hydrogen (secondary N) is 2. The second-order valence-corrected chi connectivity index (χ2v) is 7.05. The van der Waals surface area contributed by atoms with Crippen LogP contribution >= 0.6 is 0 Å². The van der Waals surface area contributed by atoms with Gasteiger partial charge in [0.15, 0.2) is 5.16 Å². The maximum absolute atomic E-state index is 12.7. The van der Waals surface area contributed by atoms with Gasteiger partial charge in [-0.15, -0.1) is 0 Å². The quantitative estimate of drug-likeness (QED) is 0.869. The summed E-state index contributed by atoms with van der Waals surface area (Å²) in [6.07, 6.45) is 0. The number of benzene rings is 1. The molecule has 0 unspecified atom stereocenters. The van der Waals surface area contributed by atoms with Crippen LogP contribution in [0.1, 0.15) is 13.8 Å². The predicted octanol–water partition coefficient (Wildman–Crippen LogP) is 2.48. The Balaban J connectivity index is 1.86. The molecule has 1 aromatic heterocycles. The van der Waals surface area contributed by atoms with Crippen LogP contribution in [0.15, 0.2) is 46.0 Å². The smallest absolute Gasteiger partial charge is 0.197 e. The molecular formula is C17H21N3O3S. The van der Waals surface area contributed by atoms with Gasteiger partial charge in [-0.3, -0.25) is 4.21 Å². The molecule has 0 spiro atoms. The Morgan fingerprint density at radius 2 is 2.04 bits per heavy atom. The maximum atomic E-state index is 12.7. The molecule has 2 heterocycles. The second-order valence-electron chi connectivity index (χ2n) is 5.69. The van der Waals surface area contributed by atoms with Gasteiger partial charge in [-0.05, 0) is 31.6 Å². The zero-order chi connectivity index (χ0) is 17.3. The molecule has 3 rings (SSSR count). The summed E-state index contributed by atoms with van der Waals surface area (Å²) in [6, 6.07) is 5.54. The van der Waals surface area contributed by atoms with E-state index in [0.29, 0.717) is 17.5 Å². The minimum absolute atomic E-state index is 0.364. The molecular weight excluding hydrogens is 326 g/mol. The second kappa shape index (κ2) is 6.68. The lowest BCUT2D eigenvalue weighted by Crippen LogP contribution is -2.27. The zero-order valence-corrected chi connectivity index (χ0v) is 15.0. The summed E-state index contributed by atoms with van der Waals surface area (Å²) in [6.45, 7) is 4.70. The van der Waals surface area contributed by atoms with Crippen LogP contribution in [0.4, 0.5) is 0 Å². The van der Waals surface area contributed by atoms with Crippen molar-refractivity contribution in [3.8, 4) is 5.75 Å². The Labute approximate surface area is 143 Å². The standard InChI is InChI=1S/C17H21N3O3S/c1-10-8-18-15(11(2)16(10)23-4)9-24(21)17-19-13-6-5-12(22-3)7-14(13)20-17/h5-7,18H,8-9H2,1-4H3,(H,19,20)/t24-/m1/s1. The molecule has 2 N–H and O–H groups in total. The van der Waals surface area contributed by atoms with Gasteiger partial charge < -0.3 is 19.8 Å². The lowest BCUT2D eigenvalue weighted by Gasteiger charge is -2.23. The molecule has 0 bridgehead atoms. The largest absolute Gasteiger partial charge is 0.497 e. The van der Waals surface area contributed by atoms with Crippen LogP contribution in [0.2, 0.25) is 0 Å². The third kappa shape index (κ3) is 3.03. The van der Waals surface area contributed by atoms with Crippen molar-refractivity contribution in [2.45, 2.75) is 19.0 Å². The average Bonchev–Trinajstić information content (AvgIpc) is 3.01. The first-order valence-corrected chi connectivity index (χ1v) is 8.95. The summed E-state index contributed by atoms with van der Waals surface area (Å²) in [4.78, 5) is 7.55. The van der Waals surface area contributed by atoms with Gasteiger partial charge >= 0.3 is 0 Å². The lowest BCUT2D eigenvalue weighted by atomic mass is 10.1. The number of fused-ring (bicyclic) bond motifs is 1. The fourth-order valence-corrected chi connectivity index (χ4v) is 3.94. The number of imidazole rings is 1. The van der Waals surface area contributed by atoms with Crippen molar-refractivity contribution in [3.05, 3.63) is 40.8 Å². The number of allylic oxidation sites excluding steroid dienone is 1. The van der Waals surface area contributed by atoms with E-state index in [9.17, 15) is 4.21 Å². The van der Waals surface area contributed by atoms with Crippen molar-refractivity contribution >= 4 is 21.8 Å². The first kappa shape index (κ1) is 16.6. The van der Waals surface area contributed by atoms with Gasteiger partial charge in [0.25, 0.3) is 0 Å². The fourth-order valence-electron chi connectivity index (χ4n) is 2.80. The van der Waals surface area contributed by atoms with Gasteiger partial charge in [0, 0.05) is 23.9 Å². The minimum atomic E-state index is -1.28. The molecule has 2 aromatic rings. The van der Waals surface area contributed by atoms with E-state index in [-0.39, 0.29) is 0 Å². The van der Waals surface area contributed by atoms with Crippen LogP contribution in [-0.2, 0) is 15.5 Å². The van der Waals surface area contributed by atoms with E-state index in [0.717, 1.165) is 39.4 Å². The van der Waals surface area contributed by atoms with E-state index in [1.807, 2.05) is 32.0 Å². The van der Waals surface area contributed by atoms with Crippen molar-refractivity contribution < 1.29 is 13.7 Å². The van der Waals surface area contributed by atoms with E-state index in [2.05, 4.69) is 15.3 Å². The number of dihydropyridines is 1. The summed E-state index contributed by atoms with van der Waals surface area (Å²) < 4.78 is 23.4. The molecule has 24 heavy (non-hydrogen) atoms. The number of methoxy groups -OCH3 is 2. The number of aromatic nitrogens is 2. The van der Waals surface area contributed by atoms with E-state index >= 15 is 0 Å². The highest BCUT2D eigenvalue weighted by Crippen LogP contribution is 2.24. The minimum Gasteiger partial charge on any atom is -0.497 e. The molecule has 0 saturated carbocycles. The molecule has 6 nitrogen and oxygen atoms in total. The highest BCUT2D eigenvalue weighted by atomic mass is 32.2. The van der Waals surface area contributed by atoms with Crippen molar-refractivity contribution in [3.63, 3.8) is 0 Å². The Morgan fingerprint density at radius 3 is 2.75 bits per heavy atom. The summed E-state index contributed by atoms with van der Waals surface area (Å²) in [5.74, 6) is 1.97. The van der Waals surface area contributed by atoms with E-state index in [1.54, 1.807) is 14.2 Å². The highest BCUT2D eigenvalue weighted by molar-refractivity contribution is 7.85. The number of ether oxygens (including phenoxy) is 2. The lowest BCUT2D eigenvalue weighted by molar-refractivity contribution is 0.291. The summed E-state index contributed by atoms with van der Waals surface area (Å²) in [7, 11) is 2.00. The number of rotatable bonds is 5. The van der Waals surface area contributed by atoms with Gasteiger partial charge in [-0.1, -0.05) is 0 Å². The molecule has 1 atom stereocenters. The van der Waals surface area contributed by atoms with Crippen molar-refractivity contribution in [2.75, 3.05) is 26.5 Å². The monoisotopic (exact) mass is 347 g/mol. The van der Waals surface area contributed by atoms with Crippen LogP contribution in [0.3, 0.4) is 0 Å². The van der Waals surface area contributed by atoms with Gasteiger partial charge in [0.05, 0.1) is 41.8 Å². The molecule has 0 amide bonds. The van der Waals surface area contributed by atoms with Gasteiger partial charge in [-0.2, -0.15) is 0 Å². The van der Waals surface area contributed by atoms with E-state index < -0.39 is 10.8 Å². The van der Waals surface area contributed by atoms with Gasteiger partial charge in [0.1, 0.15) is 11.5 Å². The van der Waals surface area contributed by atoms with Crippen LogP contribution in [0, 0.1) is 0 Å². The normalized spacial score (nSPS) is 16.3. The first-order valence-electron chi connectivity index (χ1n) is 7.63. The molecule has 1 aromatic carbocycles. The fraction of sp³-hybridized carbons (Fsp3) is 0.353. The van der Waals surface area contributed by atoms with Crippen molar-refractivity contribution in [1.82, 2.24) is 15.3 Å². The molecule has 1 aliphatic rings. The topological polar surface area (TPSA) is 76.2 Å². The van der Waals surface area contributed by atoms with Crippen LogP contribution in [0.25, 0.3) is 11.0 Å². The van der Waals surface area contributed by atoms with Crippen molar-refractivity contribution in [1.29, 1.82) is 0 Å². The number of H-pyrrole nitrogens is 1. The van der Waals surface area contributed by atoms with E-state index in [1.165, 1.54) is 0 Å². The number of aromatic amines is 1. The SMILES string of the molecule is COC1=C(C)CNC(C[S@@](=O)c2nc3ccc(OC)cc3[nH]2)=C1C. The molecule has 128 valence electrons. The first-order chi connectivity index (χ1) is 11.5. The van der Waals surface area contributed by atoms with Crippen molar-refractivity contribution in [2.24, 2.45) is 0 Å². The Morgan fingerprint density at radius 1 is 1.25 bits per heavy atom. The molecule has 0 saturated heterocycles. The Bertz CT molecular complexity index is 867. The Hall–Kier alpha value is -2.28. The molecule has 0 aliphatic carbocycles. The van der Waals surface area contributed by atoms with Gasteiger partial charge in [0.2, 0.25) is 0 Å². The summed E-state index contributed by atoms with van der Waals surface area (Å²) in [5, 5.41) is 3.79. The molecule has 1 aliphatic heterocycles. The maximum Gasteiger partial charge on any atom is 0.197 e. The highest BCUT2D eigenvalue weighted by Gasteiger charge is 2.20. The van der Waals surface area contributed by atoms with Crippen LogP contribution in [0.5, 0.6) is 5.75 Å². The molecule has 7 heteroatoms. The number of hydrogen-bond acceptors (Lipinski definition) is 5. The summed E-state index contributed by atoms with van der Waals surface area (Å²) >= 11 is 0. The van der Waals surface area contributed by atoms with E-state index in [4.69, 9.17) is 9.47 Å². The van der Waals surface area contributed by atoms with Crippen LogP contribution in [-0.4, -0.2) is 40.7 Å². The zero-order valence-electron chi connectivity index (χ0n) is 14.2. The third-order valence-corrected chi connectivity index (χ3v) is 5.29. The Kier molecular flexibility index (Phi) is 4.62. The molecule has 0 fully saturated rings. The van der Waals surface area contributed by atoms with Gasteiger partial charge in [-0.25, -0.2) is 4.98 Å². The van der Waals surface area contributed by atoms with Crippen LogP contribution < -0.4 is 10.1 Å². The predicted molar refractivity (Wildman–Crippen MR) is 94.3 cm³/mol. The number of nitrogens with zero attached hydrogens (tertiary/aromatic N) is 1. The molecule has 0 radical (unpaired) electrons. The third-order valence-electron chi connectivity index (χ3n) is 4.11. The summed E-state index contributed by atoms with van der Waals surface area (Å²) in [5.41, 5.74) is 4.64. The number of hydrogen-bond donors (Lipinski definition) is 2. The average molecular weight is 347 g/mol.